The number of hydrogen-bond acceptors (Lipinski definition) is 8. The van der Waals surface area contributed by atoms with Crippen LogP contribution in [0.1, 0.15) is 22.8 Å². The molecule has 2 N–H and O–H groups in total. The first-order valence-electron chi connectivity index (χ1n) is 10.7. The highest BCUT2D eigenvalue weighted by Crippen LogP contribution is 2.24. The molecule has 0 aliphatic heterocycles. The Balaban J connectivity index is 1.68. The van der Waals surface area contributed by atoms with Crippen LogP contribution < -0.4 is 10.6 Å². The zero-order valence-electron chi connectivity index (χ0n) is 18.7. The first kappa shape index (κ1) is 23.7. The molecule has 1 amide bonds. The van der Waals surface area contributed by atoms with Crippen LogP contribution in [0.3, 0.4) is 0 Å². The van der Waals surface area contributed by atoms with Crippen molar-refractivity contribution in [2.75, 3.05) is 25.1 Å². The lowest BCUT2D eigenvalue weighted by Gasteiger charge is -2.13. The van der Waals surface area contributed by atoms with Crippen LogP contribution >= 0.6 is 0 Å². The Morgan fingerprint density at radius 1 is 1.20 bits per heavy atom. The third kappa shape index (κ3) is 5.56. The van der Waals surface area contributed by atoms with Gasteiger partial charge in [0.1, 0.15) is 12.6 Å². The highest BCUT2D eigenvalue weighted by molar-refractivity contribution is 6.00. The van der Waals surface area contributed by atoms with E-state index in [9.17, 15) is 13.6 Å². The van der Waals surface area contributed by atoms with Gasteiger partial charge in [-0.1, -0.05) is 0 Å². The summed E-state index contributed by atoms with van der Waals surface area (Å²) in [6.45, 7) is 2.49. The zero-order chi connectivity index (χ0) is 24.8. The van der Waals surface area contributed by atoms with Gasteiger partial charge in [0.25, 0.3) is 12.3 Å². The van der Waals surface area contributed by atoms with E-state index >= 15 is 0 Å². The Kier molecular flexibility index (Phi) is 7.22. The molecule has 0 aliphatic carbocycles. The van der Waals surface area contributed by atoms with Crippen LogP contribution in [0.4, 0.5) is 20.2 Å². The molecule has 0 saturated carbocycles. The number of halogens is 2. The van der Waals surface area contributed by atoms with Gasteiger partial charge in [-0.3, -0.25) is 9.48 Å². The second kappa shape index (κ2) is 10.7. The van der Waals surface area contributed by atoms with Gasteiger partial charge < -0.3 is 15.4 Å². The van der Waals surface area contributed by atoms with Gasteiger partial charge in [0.15, 0.2) is 11.5 Å². The van der Waals surface area contributed by atoms with Gasteiger partial charge in [-0.2, -0.15) is 20.1 Å². The van der Waals surface area contributed by atoms with E-state index in [1.165, 1.54) is 29.5 Å². The van der Waals surface area contributed by atoms with Gasteiger partial charge in [0.2, 0.25) is 0 Å². The standard InChI is InChI=1S/C22H21F2N9O2/c1-2-35-4-3-26-22(34)17-11-27-20(33-21-15(9-30-33)5-14(7-25)8-28-21)6-18(17)31-16-10-29-32(12-16)13-19(23)24/h5-6,8-12,19H,2-4,13H2,1H3,(H,26,34)(H,27,31). The number of aromatic nitrogens is 6. The molecule has 0 atom stereocenters. The number of fused-ring (bicyclic) bond motifs is 1. The number of carbonyl (C=O) groups is 1. The monoisotopic (exact) mass is 481 g/mol. The first-order chi connectivity index (χ1) is 17.0. The van der Waals surface area contributed by atoms with E-state index in [0.717, 1.165) is 4.68 Å². The van der Waals surface area contributed by atoms with E-state index in [4.69, 9.17) is 10.00 Å². The van der Waals surface area contributed by atoms with E-state index in [2.05, 4.69) is 30.8 Å². The number of alkyl halides is 2. The molecule has 0 aromatic carbocycles. The van der Waals surface area contributed by atoms with E-state index in [1.807, 2.05) is 13.0 Å². The molecule has 0 spiro atoms. The Bertz CT molecular complexity index is 1380. The maximum atomic E-state index is 12.8. The minimum atomic E-state index is -2.55. The summed E-state index contributed by atoms with van der Waals surface area (Å²) in [5.74, 6) is -0.0427. The van der Waals surface area contributed by atoms with Crippen LogP contribution in [-0.2, 0) is 11.3 Å². The zero-order valence-corrected chi connectivity index (χ0v) is 18.7. The fourth-order valence-electron chi connectivity index (χ4n) is 3.30. The molecule has 0 aliphatic rings. The number of nitrogens with one attached hydrogen (secondary N) is 2. The van der Waals surface area contributed by atoms with Crippen molar-refractivity contribution in [2.45, 2.75) is 19.9 Å². The predicted molar refractivity (Wildman–Crippen MR) is 122 cm³/mol. The summed E-state index contributed by atoms with van der Waals surface area (Å²) in [6.07, 6.45) is 4.61. The normalized spacial score (nSPS) is 11.1. The molecular weight excluding hydrogens is 460 g/mol. The maximum Gasteiger partial charge on any atom is 0.257 e. The number of pyridine rings is 2. The van der Waals surface area contributed by atoms with E-state index in [-0.39, 0.29) is 5.56 Å². The molecule has 13 heteroatoms. The topological polar surface area (TPSA) is 136 Å². The minimum Gasteiger partial charge on any atom is -0.380 e. The average Bonchev–Trinajstić information content (AvgIpc) is 3.47. The second-order valence-electron chi connectivity index (χ2n) is 7.31. The molecule has 180 valence electrons. The number of carbonyl (C=O) groups excluding carboxylic acids is 1. The molecule has 11 nitrogen and oxygen atoms in total. The average molecular weight is 481 g/mol. The molecule has 0 radical (unpaired) electrons. The van der Waals surface area contributed by atoms with Crippen LogP contribution in [0, 0.1) is 11.3 Å². The van der Waals surface area contributed by atoms with Crippen molar-refractivity contribution in [3.63, 3.8) is 0 Å². The third-order valence-corrected chi connectivity index (χ3v) is 4.86. The second-order valence-corrected chi connectivity index (χ2v) is 7.31. The fraction of sp³-hybridized carbons (Fsp3) is 0.273. The number of nitrogens with zero attached hydrogens (tertiary/aromatic N) is 7. The summed E-state index contributed by atoms with van der Waals surface area (Å²) < 4.78 is 33.2. The number of rotatable bonds is 10. The fourth-order valence-corrected chi connectivity index (χ4v) is 3.30. The molecule has 0 fully saturated rings. The van der Waals surface area contributed by atoms with Crippen LogP contribution in [0.25, 0.3) is 16.9 Å². The van der Waals surface area contributed by atoms with E-state index in [0.29, 0.717) is 53.5 Å². The van der Waals surface area contributed by atoms with Gasteiger partial charge in [-0.15, -0.1) is 0 Å². The molecule has 4 aromatic rings. The van der Waals surface area contributed by atoms with Crippen molar-refractivity contribution in [3.8, 4) is 11.9 Å². The largest absolute Gasteiger partial charge is 0.380 e. The maximum absolute atomic E-state index is 12.8. The summed E-state index contributed by atoms with van der Waals surface area (Å²) in [4.78, 5) is 21.5. The minimum absolute atomic E-state index is 0.225. The van der Waals surface area contributed by atoms with Crippen LogP contribution in [-0.4, -0.2) is 61.6 Å². The molecule has 0 saturated heterocycles. The number of amides is 1. The molecule has 4 heterocycles. The van der Waals surface area contributed by atoms with Crippen molar-refractivity contribution in [3.05, 3.63) is 54.2 Å². The molecule has 35 heavy (non-hydrogen) atoms. The summed E-state index contributed by atoms with van der Waals surface area (Å²) in [5.41, 5.74) is 1.86. The van der Waals surface area contributed by atoms with Crippen LogP contribution in [0.15, 0.2) is 43.1 Å². The Morgan fingerprint density at radius 2 is 2.06 bits per heavy atom. The Hall–Kier alpha value is -4.44. The number of anilines is 2. The van der Waals surface area contributed by atoms with Gasteiger partial charge >= 0.3 is 0 Å². The molecule has 0 bridgehead atoms. The number of ether oxygens (including phenoxy) is 1. The number of hydrogen-bond donors (Lipinski definition) is 2. The van der Waals surface area contributed by atoms with Crippen molar-refractivity contribution in [1.82, 2.24) is 34.8 Å². The van der Waals surface area contributed by atoms with Gasteiger partial charge in [-0.25, -0.2) is 18.7 Å². The highest BCUT2D eigenvalue weighted by atomic mass is 19.3. The van der Waals surface area contributed by atoms with Gasteiger partial charge in [0.05, 0.1) is 41.5 Å². The molecule has 4 rings (SSSR count). The van der Waals surface area contributed by atoms with Crippen LogP contribution in [0.2, 0.25) is 0 Å². The SMILES string of the molecule is CCOCCNC(=O)c1cnc(-n2ncc3cc(C#N)cnc32)cc1Nc1cnn(CC(F)F)c1. The van der Waals surface area contributed by atoms with Crippen LogP contribution in [0.5, 0.6) is 0 Å². The van der Waals surface area contributed by atoms with E-state index in [1.54, 1.807) is 18.3 Å². The van der Waals surface area contributed by atoms with Crippen molar-refractivity contribution < 1.29 is 18.3 Å². The Morgan fingerprint density at radius 3 is 2.83 bits per heavy atom. The number of nitriles is 1. The summed E-state index contributed by atoms with van der Waals surface area (Å²) in [6, 6.07) is 5.28. The molecule has 0 unspecified atom stereocenters. The van der Waals surface area contributed by atoms with Crippen molar-refractivity contribution in [2.24, 2.45) is 0 Å². The summed E-state index contributed by atoms with van der Waals surface area (Å²) in [7, 11) is 0. The van der Waals surface area contributed by atoms with Gasteiger partial charge in [0, 0.05) is 43.2 Å². The lowest BCUT2D eigenvalue weighted by molar-refractivity contribution is 0.0923. The quantitative estimate of drug-likeness (QED) is 0.330. The lowest BCUT2D eigenvalue weighted by atomic mass is 10.2. The predicted octanol–water partition coefficient (Wildman–Crippen LogP) is 2.66. The summed E-state index contributed by atoms with van der Waals surface area (Å²) in [5, 5.41) is 23.8. The van der Waals surface area contributed by atoms with Gasteiger partial charge in [-0.05, 0) is 13.0 Å². The summed E-state index contributed by atoms with van der Waals surface area (Å²) >= 11 is 0. The third-order valence-electron chi connectivity index (χ3n) is 4.86. The first-order valence-corrected chi connectivity index (χ1v) is 10.7. The highest BCUT2D eigenvalue weighted by Gasteiger charge is 2.17. The van der Waals surface area contributed by atoms with Crippen molar-refractivity contribution in [1.29, 1.82) is 5.26 Å². The molecule has 4 aromatic heterocycles. The lowest BCUT2D eigenvalue weighted by Crippen LogP contribution is -2.28. The molecular formula is C22H21F2N9O2. The van der Waals surface area contributed by atoms with E-state index < -0.39 is 18.9 Å². The smallest absolute Gasteiger partial charge is 0.257 e. The van der Waals surface area contributed by atoms with Crippen molar-refractivity contribution >= 4 is 28.3 Å². The Labute approximate surface area is 198 Å².